The van der Waals surface area contributed by atoms with E-state index in [0.717, 1.165) is 10.2 Å². The van der Waals surface area contributed by atoms with Crippen molar-refractivity contribution in [2.75, 3.05) is 11.9 Å². The first-order valence-electron chi connectivity index (χ1n) is 9.58. The number of halogens is 3. The average Bonchev–Trinajstić information content (AvgIpc) is 3.15. The van der Waals surface area contributed by atoms with Gasteiger partial charge in [0.15, 0.2) is 6.61 Å². The van der Waals surface area contributed by atoms with Gasteiger partial charge in [0.25, 0.3) is 5.91 Å². The molecule has 168 valence electrons. The summed E-state index contributed by atoms with van der Waals surface area (Å²) in [4.78, 5) is 12.5. The number of carbonyl (C=O) groups excluding carboxylic acids is 1. The molecule has 3 aromatic rings. The molecule has 2 heterocycles. The Hall–Kier alpha value is -3.19. The number of nitrogens with one attached hydrogen (secondary N) is 2. The molecule has 11 heteroatoms. The van der Waals surface area contributed by atoms with Crippen molar-refractivity contribution in [2.24, 2.45) is 5.73 Å². The van der Waals surface area contributed by atoms with E-state index in [9.17, 15) is 10.1 Å². The Balaban J connectivity index is 1.65. The number of carbonyl (C=O) groups is 1. The maximum atomic E-state index is 12.5. The van der Waals surface area contributed by atoms with E-state index in [1.807, 2.05) is 6.92 Å². The molecular weight excluding hydrogens is 533 g/mol. The quantitative estimate of drug-likeness (QED) is 0.411. The van der Waals surface area contributed by atoms with Crippen molar-refractivity contribution in [1.82, 2.24) is 10.2 Å². The number of ether oxygens (including phenoxy) is 2. The number of hydrogen-bond donors (Lipinski definition) is 3. The lowest BCUT2D eigenvalue weighted by Gasteiger charge is -2.25. The summed E-state index contributed by atoms with van der Waals surface area (Å²) in [6, 6.07) is 12.3. The van der Waals surface area contributed by atoms with Crippen LogP contribution in [0.15, 0.2) is 52.3 Å². The Morgan fingerprint density at radius 1 is 1.39 bits per heavy atom. The number of aromatic amines is 1. The number of anilines is 1. The Kier molecular flexibility index (Phi) is 6.51. The van der Waals surface area contributed by atoms with E-state index < -0.39 is 11.8 Å². The number of hydrogen-bond acceptors (Lipinski definition) is 6. The lowest BCUT2D eigenvalue weighted by Crippen LogP contribution is -2.23. The Morgan fingerprint density at radius 2 is 2.18 bits per heavy atom. The second-order valence-corrected chi connectivity index (χ2v) is 8.81. The zero-order chi connectivity index (χ0) is 23.7. The SMILES string of the molecule is Cc1[nH]nc2c1C(c1cc(Br)ccc1OCC(=O)Nc1cccc(Cl)c1Cl)C(C#N)=C(N)O2. The summed E-state index contributed by atoms with van der Waals surface area (Å²) in [5, 5.41) is 20.0. The van der Waals surface area contributed by atoms with Crippen LogP contribution in [-0.2, 0) is 4.79 Å². The van der Waals surface area contributed by atoms with Gasteiger partial charge in [0.05, 0.1) is 21.7 Å². The number of H-pyrrole nitrogens is 1. The van der Waals surface area contributed by atoms with Gasteiger partial charge in [-0.15, -0.1) is 5.10 Å². The standard InChI is InChI=1S/C22H16BrCl2N5O3/c1-10-18-19(13(8-26)21(27)33-22(18)30-29-10)12-7-11(23)5-6-16(12)32-9-17(31)28-15-4-2-3-14(24)20(15)25/h2-7,19H,9,27H2,1H3,(H,28,31)(H,29,30). The molecule has 1 aromatic heterocycles. The molecule has 1 aliphatic rings. The van der Waals surface area contributed by atoms with E-state index in [4.69, 9.17) is 38.4 Å². The van der Waals surface area contributed by atoms with Crippen LogP contribution in [-0.4, -0.2) is 22.7 Å². The fourth-order valence-corrected chi connectivity index (χ4v) is 4.24. The number of nitriles is 1. The van der Waals surface area contributed by atoms with Crippen LogP contribution in [0.5, 0.6) is 11.6 Å². The summed E-state index contributed by atoms with van der Waals surface area (Å²) >= 11 is 15.6. The molecule has 33 heavy (non-hydrogen) atoms. The highest BCUT2D eigenvalue weighted by molar-refractivity contribution is 9.10. The summed E-state index contributed by atoms with van der Waals surface area (Å²) in [5.74, 6) is -0.398. The van der Waals surface area contributed by atoms with Crippen LogP contribution in [0.2, 0.25) is 10.0 Å². The van der Waals surface area contributed by atoms with E-state index in [-0.39, 0.29) is 29.0 Å². The van der Waals surface area contributed by atoms with E-state index in [2.05, 4.69) is 37.5 Å². The lowest BCUT2D eigenvalue weighted by molar-refractivity contribution is -0.118. The number of aryl methyl sites for hydroxylation is 1. The van der Waals surface area contributed by atoms with Crippen molar-refractivity contribution in [3.8, 4) is 17.7 Å². The summed E-state index contributed by atoms with van der Waals surface area (Å²) in [6.45, 7) is 1.51. The largest absolute Gasteiger partial charge is 0.483 e. The van der Waals surface area contributed by atoms with Gasteiger partial charge in [-0.1, -0.05) is 45.2 Å². The minimum absolute atomic E-state index is 0.0410. The number of aromatic nitrogens is 2. The second kappa shape index (κ2) is 9.35. The summed E-state index contributed by atoms with van der Waals surface area (Å²) in [5.41, 5.74) is 8.59. The number of allylic oxidation sites excluding steroid dienone is 1. The highest BCUT2D eigenvalue weighted by Gasteiger charge is 2.36. The highest BCUT2D eigenvalue weighted by atomic mass is 79.9. The van der Waals surface area contributed by atoms with Gasteiger partial charge >= 0.3 is 0 Å². The number of benzene rings is 2. The summed E-state index contributed by atoms with van der Waals surface area (Å²) in [6.07, 6.45) is 0. The van der Waals surface area contributed by atoms with Crippen LogP contribution in [0.1, 0.15) is 22.7 Å². The predicted molar refractivity (Wildman–Crippen MR) is 127 cm³/mol. The second-order valence-electron chi connectivity index (χ2n) is 7.11. The van der Waals surface area contributed by atoms with E-state index in [1.165, 1.54) is 0 Å². The Morgan fingerprint density at radius 3 is 2.94 bits per heavy atom. The number of nitrogens with two attached hydrogens (primary N) is 1. The van der Waals surface area contributed by atoms with Gasteiger partial charge in [-0.3, -0.25) is 9.89 Å². The van der Waals surface area contributed by atoms with Gasteiger partial charge in [-0.25, -0.2) is 0 Å². The van der Waals surface area contributed by atoms with Crippen molar-refractivity contribution < 1.29 is 14.3 Å². The molecule has 1 unspecified atom stereocenters. The van der Waals surface area contributed by atoms with Gasteiger partial charge in [-0.2, -0.15) is 5.26 Å². The van der Waals surface area contributed by atoms with Gasteiger partial charge in [-0.05, 0) is 37.3 Å². The van der Waals surface area contributed by atoms with Crippen molar-refractivity contribution in [1.29, 1.82) is 5.26 Å². The number of rotatable bonds is 5. The molecule has 0 aliphatic carbocycles. The predicted octanol–water partition coefficient (Wildman–Crippen LogP) is 5.02. The smallest absolute Gasteiger partial charge is 0.262 e. The average molecular weight is 549 g/mol. The Bertz CT molecular complexity index is 1330. The maximum absolute atomic E-state index is 12.5. The van der Waals surface area contributed by atoms with E-state index >= 15 is 0 Å². The highest BCUT2D eigenvalue weighted by Crippen LogP contribution is 2.46. The number of nitrogens with zero attached hydrogens (tertiary/aromatic N) is 2. The van der Waals surface area contributed by atoms with Crippen molar-refractivity contribution in [3.05, 3.63) is 79.2 Å². The molecule has 8 nitrogen and oxygen atoms in total. The van der Waals surface area contributed by atoms with Crippen LogP contribution >= 0.6 is 39.1 Å². The van der Waals surface area contributed by atoms with Crippen molar-refractivity contribution in [2.45, 2.75) is 12.8 Å². The molecule has 4 rings (SSSR count). The maximum Gasteiger partial charge on any atom is 0.262 e. The first kappa shape index (κ1) is 23.0. The summed E-state index contributed by atoms with van der Waals surface area (Å²) in [7, 11) is 0. The molecular formula is C22H16BrCl2N5O3. The third-order valence-electron chi connectivity index (χ3n) is 5.00. The van der Waals surface area contributed by atoms with Crippen LogP contribution in [0, 0.1) is 18.3 Å². The third kappa shape index (κ3) is 4.50. The Labute approximate surface area is 207 Å². The topological polar surface area (TPSA) is 126 Å². The summed E-state index contributed by atoms with van der Waals surface area (Å²) < 4.78 is 12.1. The molecule has 1 amide bonds. The molecule has 0 saturated heterocycles. The van der Waals surface area contributed by atoms with Crippen LogP contribution in [0.3, 0.4) is 0 Å². The molecule has 0 saturated carbocycles. The fraction of sp³-hybridized carbons (Fsp3) is 0.136. The molecule has 0 spiro atoms. The zero-order valence-corrected chi connectivity index (χ0v) is 20.2. The minimum Gasteiger partial charge on any atom is -0.483 e. The molecule has 0 radical (unpaired) electrons. The van der Waals surface area contributed by atoms with Crippen LogP contribution in [0.25, 0.3) is 0 Å². The van der Waals surface area contributed by atoms with Crippen LogP contribution in [0.4, 0.5) is 5.69 Å². The minimum atomic E-state index is -0.601. The monoisotopic (exact) mass is 547 g/mol. The molecule has 1 aliphatic heterocycles. The number of fused-ring (bicyclic) bond motifs is 1. The first-order valence-corrected chi connectivity index (χ1v) is 11.1. The van der Waals surface area contributed by atoms with Gasteiger partial charge < -0.3 is 20.5 Å². The van der Waals surface area contributed by atoms with Gasteiger partial charge in [0.2, 0.25) is 11.8 Å². The number of amides is 1. The van der Waals surface area contributed by atoms with Gasteiger partial charge in [0, 0.05) is 21.3 Å². The first-order chi connectivity index (χ1) is 15.8. The van der Waals surface area contributed by atoms with Crippen molar-refractivity contribution >= 4 is 50.7 Å². The molecule has 4 N–H and O–H groups in total. The fourth-order valence-electron chi connectivity index (χ4n) is 3.52. The molecule has 1 atom stereocenters. The zero-order valence-electron chi connectivity index (χ0n) is 17.1. The van der Waals surface area contributed by atoms with Crippen molar-refractivity contribution in [3.63, 3.8) is 0 Å². The van der Waals surface area contributed by atoms with Gasteiger partial charge in [0.1, 0.15) is 17.4 Å². The lowest BCUT2D eigenvalue weighted by atomic mass is 9.83. The molecule has 0 fully saturated rings. The third-order valence-corrected chi connectivity index (χ3v) is 6.31. The van der Waals surface area contributed by atoms with Crippen LogP contribution < -0.4 is 20.5 Å². The van der Waals surface area contributed by atoms with E-state index in [0.29, 0.717) is 27.6 Å². The normalized spacial score (nSPS) is 14.8. The van der Waals surface area contributed by atoms with E-state index in [1.54, 1.807) is 36.4 Å². The molecule has 0 bridgehead atoms. The molecule has 2 aromatic carbocycles.